The molecular formula is C24H27N5O2. The first-order valence-electron chi connectivity index (χ1n) is 10.4. The quantitative estimate of drug-likeness (QED) is 0.689. The number of nitrogens with one attached hydrogen (secondary N) is 1. The summed E-state index contributed by atoms with van der Waals surface area (Å²) in [4.78, 5) is 29.6. The van der Waals surface area contributed by atoms with Crippen molar-refractivity contribution in [1.82, 2.24) is 19.7 Å². The normalized spacial score (nSPS) is 17.5. The second kappa shape index (κ2) is 7.98. The zero-order valence-electron chi connectivity index (χ0n) is 18.5. The van der Waals surface area contributed by atoms with Gasteiger partial charge in [0.25, 0.3) is 11.8 Å². The van der Waals surface area contributed by atoms with E-state index in [1.165, 1.54) is 0 Å². The lowest BCUT2D eigenvalue weighted by Gasteiger charge is -2.19. The van der Waals surface area contributed by atoms with Crippen LogP contribution in [0.4, 0.5) is 0 Å². The summed E-state index contributed by atoms with van der Waals surface area (Å²) in [5, 5.41) is 8.16. The number of fused-ring (bicyclic) bond motifs is 1. The number of benzene rings is 1. The van der Waals surface area contributed by atoms with Gasteiger partial charge in [0.2, 0.25) is 0 Å². The summed E-state index contributed by atoms with van der Waals surface area (Å²) in [7, 11) is 1.89. The van der Waals surface area contributed by atoms with Gasteiger partial charge >= 0.3 is 0 Å². The first kappa shape index (κ1) is 20.8. The van der Waals surface area contributed by atoms with Crippen molar-refractivity contribution in [3.05, 3.63) is 65.1 Å². The van der Waals surface area contributed by atoms with Gasteiger partial charge in [0.15, 0.2) is 0 Å². The van der Waals surface area contributed by atoms with Gasteiger partial charge in [-0.3, -0.25) is 14.3 Å². The summed E-state index contributed by atoms with van der Waals surface area (Å²) in [6, 6.07) is 7.93. The number of allylic oxidation sites excluding steroid dienone is 1. The predicted octanol–water partition coefficient (Wildman–Crippen LogP) is 3.59. The Balaban J connectivity index is 1.67. The molecule has 1 N–H and O–H groups in total. The highest BCUT2D eigenvalue weighted by molar-refractivity contribution is 6.09. The summed E-state index contributed by atoms with van der Waals surface area (Å²) in [6.45, 7) is 8.00. The Bertz CT molecular complexity index is 1240. The van der Waals surface area contributed by atoms with Crippen molar-refractivity contribution in [3.63, 3.8) is 0 Å². The molecule has 1 aromatic carbocycles. The molecule has 0 radical (unpaired) electrons. The Morgan fingerprint density at radius 1 is 1.23 bits per heavy atom. The number of dihydropyridines is 1. The minimum Gasteiger partial charge on any atom is -0.351 e. The lowest BCUT2D eigenvalue weighted by Crippen LogP contribution is -2.35. The highest BCUT2D eigenvalue weighted by atomic mass is 16.2. The van der Waals surface area contributed by atoms with Gasteiger partial charge in [-0.25, -0.2) is 4.99 Å². The molecule has 4 rings (SSSR count). The summed E-state index contributed by atoms with van der Waals surface area (Å²) < 4.78 is 3.95. The van der Waals surface area contributed by atoms with E-state index in [1.807, 2.05) is 63.6 Å². The van der Waals surface area contributed by atoms with Gasteiger partial charge in [-0.05, 0) is 39.8 Å². The Hall–Kier alpha value is -3.48. The van der Waals surface area contributed by atoms with Crippen LogP contribution in [-0.2, 0) is 11.8 Å². The SMILES string of the molecule is CC1=CC(C)=NC(=O)C1CNC(=O)c1c(C)n(C(C)c2cnn(C)c2)c2ccccc12. The number of hydrogen-bond donors (Lipinski definition) is 1. The predicted molar refractivity (Wildman–Crippen MR) is 121 cm³/mol. The molecule has 3 heterocycles. The van der Waals surface area contributed by atoms with Crippen LogP contribution in [0.5, 0.6) is 0 Å². The monoisotopic (exact) mass is 417 g/mol. The third-order valence-electron chi connectivity index (χ3n) is 6.02. The molecule has 3 aromatic rings. The minimum atomic E-state index is -0.421. The number of carbonyl (C=O) groups is 2. The number of rotatable bonds is 5. The highest BCUT2D eigenvalue weighted by Gasteiger charge is 2.27. The van der Waals surface area contributed by atoms with Gasteiger partial charge in [0.1, 0.15) is 0 Å². The molecule has 1 aliphatic rings. The van der Waals surface area contributed by atoms with Gasteiger partial charge in [0, 0.05) is 47.7 Å². The van der Waals surface area contributed by atoms with Gasteiger partial charge in [-0.15, -0.1) is 0 Å². The molecule has 7 heteroatoms. The Labute approximate surface area is 181 Å². The number of amides is 2. The fraction of sp³-hybridized carbons (Fsp3) is 0.333. The van der Waals surface area contributed by atoms with Gasteiger partial charge < -0.3 is 9.88 Å². The average molecular weight is 418 g/mol. The Kier molecular flexibility index (Phi) is 5.35. The molecule has 0 fully saturated rings. The maximum absolute atomic E-state index is 13.3. The molecule has 2 amide bonds. The van der Waals surface area contributed by atoms with E-state index in [2.05, 4.69) is 26.9 Å². The molecule has 31 heavy (non-hydrogen) atoms. The molecule has 0 spiro atoms. The molecule has 160 valence electrons. The number of carbonyl (C=O) groups excluding carboxylic acids is 2. The van der Waals surface area contributed by atoms with Crippen molar-refractivity contribution in [2.45, 2.75) is 33.7 Å². The second-order valence-electron chi connectivity index (χ2n) is 8.21. The molecule has 0 bridgehead atoms. The lowest BCUT2D eigenvalue weighted by molar-refractivity contribution is -0.120. The van der Waals surface area contributed by atoms with Crippen LogP contribution in [0.15, 0.2) is 53.3 Å². The highest BCUT2D eigenvalue weighted by Crippen LogP contribution is 2.31. The van der Waals surface area contributed by atoms with E-state index in [1.54, 1.807) is 11.6 Å². The average Bonchev–Trinajstić information content (AvgIpc) is 3.27. The van der Waals surface area contributed by atoms with E-state index in [4.69, 9.17) is 0 Å². The van der Waals surface area contributed by atoms with Crippen molar-refractivity contribution >= 4 is 28.4 Å². The Morgan fingerprint density at radius 2 is 1.97 bits per heavy atom. The topological polar surface area (TPSA) is 81.3 Å². The number of aryl methyl sites for hydroxylation is 1. The van der Waals surface area contributed by atoms with Crippen LogP contribution in [0.3, 0.4) is 0 Å². The first-order chi connectivity index (χ1) is 14.8. The molecule has 2 unspecified atom stereocenters. The third kappa shape index (κ3) is 3.71. The number of para-hydroxylation sites is 1. The summed E-state index contributed by atoms with van der Waals surface area (Å²) >= 11 is 0. The van der Waals surface area contributed by atoms with E-state index in [9.17, 15) is 9.59 Å². The molecule has 0 saturated heterocycles. The fourth-order valence-electron chi connectivity index (χ4n) is 4.42. The minimum absolute atomic E-state index is 0.0163. The van der Waals surface area contributed by atoms with Gasteiger partial charge in [0.05, 0.1) is 23.7 Å². The van der Waals surface area contributed by atoms with Crippen LogP contribution in [0.2, 0.25) is 0 Å². The third-order valence-corrected chi connectivity index (χ3v) is 6.02. The maximum Gasteiger partial charge on any atom is 0.254 e. The number of aliphatic imine (C=N–C) groups is 1. The molecule has 2 atom stereocenters. The van der Waals surface area contributed by atoms with Crippen molar-refractivity contribution in [2.75, 3.05) is 6.54 Å². The van der Waals surface area contributed by atoms with Crippen molar-refractivity contribution in [1.29, 1.82) is 0 Å². The number of hydrogen-bond acceptors (Lipinski definition) is 3. The zero-order chi connectivity index (χ0) is 22.3. The first-order valence-corrected chi connectivity index (χ1v) is 10.4. The standard InChI is InChI=1S/C24H27N5O2/c1-14-10-15(2)27-23(30)20(14)12-25-24(31)22-17(4)29(21-9-7-6-8-19(21)22)16(3)18-11-26-28(5)13-18/h6-11,13,16,20H,12H2,1-5H3,(H,25,31). The lowest BCUT2D eigenvalue weighted by atomic mass is 9.95. The van der Waals surface area contributed by atoms with Crippen LogP contribution in [0.25, 0.3) is 10.9 Å². The van der Waals surface area contributed by atoms with Gasteiger partial charge in [-0.2, -0.15) is 5.10 Å². The van der Waals surface area contributed by atoms with E-state index in [0.717, 1.165) is 27.7 Å². The van der Waals surface area contributed by atoms with E-state index < -0.39 is 5.92 Å². The molecule has 0 saturated carbocycles. The number of nitrogens with zero attached hydrogens (tertiary/aromatic N) is 4. The fourth-order valence-corrected chi connectivity index (χ4v) is 4.42. The summed E-state index contributed by atoms with van der Waals surface area (Å²) in [5.74, 6) is -0.810. The second-order valence-corrected chi connectivity index (χ2v) is 8.21. The molecule has 7 nitrogen and oxygen atoms in total. The van der Waals surface area contributed by atoms with Crippen molar-refractivity contribution in [2.24, 2.45) is 18.0 Å². The molecular weight excluding hydrogens is 390 g/mol. The summed E-state index contributed by atoms with van der Waals surface area (Å²) in [6.07, 6.45) is 5.74. The number of aromatic nitrogens is 3. The van der Waals surface area contributed by atoms with Gasteiger partial charge in [-0.1, -0.05) is 23.8 Å². The van der Waals surface area contributed by atoms with E-state index in [0.29, 0.717) is 11.3 Å². The van der Waals surface area contributed by atoms with Crippen LogP contribution in [-0.4, -0.2) is 38.4 Å². The Morgan fingerprint density at radius 3 is 2.65 bits per heavy atom. The van der Waals surface area contributed by atoms with Crippen LogP contribution < -0.4 is 5.32 Å². The largest absolute Gasteiger partial charge is 0.351 e. The molecule has 0 aliphatic carbocycles. The van der Waals surface area contributed by atoms with Crippen LogP contribution in [0, 0.1) is 12.8 Å². The molecule has 2 aromatic heterocycles. The van der Waals surface area contributed by atoms with Crippen molar-refractivity contribution < 1.29 is 9.59 Å². The zero-order valence-corrected chi connectivity index (χ0v) is 18.5. The maximum atomic E-state index is 13.3. The van der Waals surface area contributed by atoms with E-state index >= 15 is 0 Å². The van der Waals surface area contributed by atoms with Crippen molar-refractivity contribution in [3.8, 4) is 0 Å². The molecule has 1 aliphatic heterocycles. The van der Waals surface area contributed by atoms with Crippen LogP contribution >= 0.6 is 0 Å². The van der Waals surface area contributed by atoms with Crippen LogP contribution in [0.1, 0.15) is 48.4 Å². The van der Waals surface area contributed by atoms with E-state index in [-0.39, 0.29) is 24.4 Å². The summed E-state index contributed by atoms with van der Waals surface area (Å²) in [5.41, 5.74) is 5.20. The smallest absolute Gasteiger partial charge is 0.254 e.